The number of hydrogen-bond acceptors (Lipinski definition) is 4. The summed E-state index contributed by atoms with van der Waals surface area (Å²) in [7, 11) is 0. The molecule has 0 bridgehead atoms. The lowest BCUT2D eigenvalue weighted by Crippen LogP contribution is -2.06. The van der Waals surface area contributed by atoms with Crippen molar-refractivity contribution in [2.75, 3.05) is 18.5 Å². The lowest BCUT2D eigenvalue weighted by molar-refractivity contribution is 0.309. The first kappa shape index (κ1) is 13.8. The van der Waals surface area contributed by atoms with E-state index >= 15 is 0 Å². The second kappa shape index (κ2) is 7.12. The van der Waals surface area contributed by atoms with Gasteiger partial charge in [0.25, 0.3) is 0 Å². The van der Waals surface area contributed by atoms with Crippen LogP contribution in [0.2, 0.25) is 5.02 Å². The molecule has 0 aliphatic rings. The van der Waals surface area contributed by atoms with E-state index in [-0.39, 0.29) is 0 Å². The molecule has 0 saturated carbocycles. The Hall–Kier alpha value is -1.29. The molecule has 1 N–H and O–H groups in total. The predicted molar refractivity (Wildman–Crippen MR) is 70.7 cm³/mol. The van der Waals surface area contributed by atoms with Gasteiger partial charge in [0, 0.05) is 13.0 Å². The molecule has 1 rings (SSSR count). The summed E-state index contributed by atoms with van der Waals surface area (Å²) in [5, 5.41) is 3.51. The van der Waals surface area contributed by atoms with Crippen LogP contribution in [-0.4, -0.2) is 23.1 Å². The molecule has 94 valence electrons. The lowest BCUT2D eigenvalue weighted by atomic mass is 10.3. The van der Waals surface area contributed by atoms with E-state index < -0.39 is 0 Å². The van der Waals surface area contributed by atoms with Gasteiger partial charge in [0.2, 0.25) is 11.8 Å². The zero-order chi connectivity index (χ0) is 12.7. The Morgan fingerprint density at radius 1 is 1.59 bits per heavy atom. The zero-order valence-corrected chi connectivity index (χ0v) is 11.0. The number of rotatable bonds is 7. The molecular formula is C12H18ClN3O. The third-order valence-corrected chi connectivity index (χ3v) is 2.27. The van der Waals surface area contributed by atoms with Crippen molar-refractivity contribution in [1.82, 2.24) is 9.97 Å². The predicted octanol–water partition coefficient (Wildman–Crippen LogP) is 3.30. The highest BCUT2D eigenvalue weighted by molar-refractivity contribution is 6.31. The van der Waals surface area contributed by atoms with Crippen molar-refractivity contribution in [2.45, 2.75) is 26.7 Å². The molecule has 0 spiro atoms. The Morgan fingerprint density at radius 3 is 3.00 bits per heavy atom. The molecule has 0 aliphatic heterocycles. The van der Waals surface area contributed by atoms with Gasteiger partial charge in [-0.05, 0) is 13.3 Å². The van der Waals surface area contributed by atoms with Crippen LogP contribution in [0.1, 0.15) is 26.7 Å². The molecule has 1 heterocycles. The maximum Gasteiger partial charge on any atom is 0.237 e. The summed E-state index contributed by atoms with van der Waals surface area (Å²) in [6.45, 7) is 9.20. The van der Waals surface area contributed by atoms with E-state index in [1.807, 2.05) is 6.92 Å². The lowest BCUT2D eigenvalue weighted by Gasteiger charge is -2.08. The normalized spacial score (nSPS) is 10.1. The molecule has 1 aromatic heterocycles. The van der Waals surface area contributed by atoms with E-state index in [0.29, 0.717) is 23.5 Å². The topological polar surface area (TPSA) is 47.0 Å². The van der Waals surface area contributed by atoms with Gasteiger partial charge in [-0.15, -0.1) is 6.58 Å². The zero-order valence-electron chi connectivity index (χ0n) is 10.3. The van der Waals surface area contributed by atoms with Crippen LogP contribution >= 0.6 is 11.6 Å². The highest BCUT2D eigenvalue weighted by Crippen LogP contribution is 2.22. The van der Waals surface area contributed by atoms with Gasteiger partial charge in [-0.1, -0.05) is 24.1 Å². The highest BCUT2D eigenvalue weighted by atomic mass is 35.5. The fourth-order valence-corrected chi connectivity index (χ4v) is 1.24. The quantitative estimate of drug-likeness (QED) is 0.760. The molecular weight excluding hydrogens is 238 g/mol. The highest BCUT2D eigenvalue weighted by Gasteiger charge is 2.06. The third-order valence-electron chi connectivity index (χ3n) is 2.01. The average molecular weight is 256 g/mol. The van der Waals surface area contributed by atoms with Crippen LogP contribution in [0.3, 0.4) is 0 Å². The summed E-state index contributed by atoms with van der Waals surface area (Å²) in [6, 6.07) is 0. The molecule has 0 unspecified atom stereocenters. The SMILES string of the molecule is C=C(C)CCOc1nc(NCCC)ncc1Cl. The first-order chi connectivity index (χ1) is 8.13. The monoisotopic (exact) mass is 255 g/mol. The van der Waals surface area contributed by atoms with Gasteiger partial charge < -0.3 is 10.1 Å². The summed E-state index contributed by atoms with van der Waals surface area (Å²) < 4.78 is 5.48. The van der Waals surface area contributed by atoms with Gasteiger partial charge in [0.15, 0.2) is 0 Å². The van der Waals surface area contributed by atoms with E-state index in [1.54, 1.807) is 6.20 Å². The minimum atomic E-state index is 0.418. The van der Waals surface area contributed by atoms with Crippen LogP contribution < -0.4 is 10.1 Å². The van der Waals surface area contributed by atoms with Gasteiger partial charge >= 0.3 is 0 Å². The Kier molecular flexibility index (Phi) is 5.77. The number of nitrogens with zero attached hydrogens (tertiary/aromatic N) is 2. The maximum atomic E-state index is 5.95. The molecule has 0 atom stereocenters. The van der Waals surface area contributed by atoms with Crippen LogP contribution in [0.25, 0.3) is 0 Å². The van der Waals surface area contributed by atoms with Crippen molar-refractivity contribution in [3.63, 3.8) is 0 Å². The third kappa shape index (κ3) is 5.04. The van der Waals surface area contributed by atoms with Gasteiger partial charge in [-0.3, -0.25) is 0 Å². The number of anilines is 1. The Balaban J connectivity index is 2.59. The molecule has 4 nitrogen and oxygen atoms in total. The van der Waals surface area contributed by atoms with E-state index in [0.717, 1.165) is 25.0 Å². The average Bonchev–Trinajstić information content (AvgIpc) is 2.29. The summed E-state index contributed by atoms with van der Waals surface area (Å²) in [4.78, 5) is 8.27. The second-order valence-electron chi connectivity index (χ2n) is 3.83. The summed E-state index contributed by atoms with van der Waals surface area (Å²) in [5.41, 5.74) is 1.07. The van der Waals surface area contributed by atoms with Crippen molar-refractivity contribution in [3.05, 3.63) is 23.4 Å². The fourth-order valence-electron chi connectivity index (χ4n) is 1.10. The van der Waals surface area contributed by atoms with Crippen molar-refractivity contribution in [2.24, 2.45) is 0 Å². The van der Waals surface area contributed by atoms with Gasteiger partial charge in [0.05, 0.1) is 12.8 Å². The van der Waals surface area contributed by atoms with Crippen molar-refractivity contribution >= 4 is 17.5 Å². The molecule has 0 fully saturated rings. The van der Waals surface area contributed by atoms with Gasteiger partial charge in [-0.2, -0.15) is 4.98 Å². The molecule has 0 aliphatic carbocycles. The van der Waals surface area contributed by atoms with Crippen molar-refractivity contribution in [3.8, 4) is 5.88 Å². The smallest absolute Gasteiger partial charge is 0.237 e. The van der Waals surface area contributed by atoms with Gasteiger partial charge in [0.1, 0.15) is 5.02 Å². The molecule has 1 aromatic rings. The van der Waals surface area contributed by atoms with E-state index in [9.17, 15) is 0 Å². The minimum Gasteiger partial charge on any atom is -0.476 e. The standard InChI is InChI=1S/C12H18ClN3O/c1-4-6-14-12-15-8-10(13)11(16-12)17-7-5-9(2)3/h8H,2,4-7H2,1,3H3,(H,14,15,16). The first-order valence-electron chi connectivity index (χ1n) is 5.67. The van der Waals surface area contributed by atoms with Gasteiger partial charge in [-0.25, -0.2) is 4.98 Å². The number of halogens is 1. The van der Waals surface area contributed by atoms with Crippen LogP contribution in [-0.2, 0) is 0 Å². The van der Waals surface area contributed by atoms with Crippen molar-refractivity contribution < 1.29 is 4.74 Å². The molecule has 17 heavy (non-hydrogen) atoms. The molecule has 0 saturated heterocycles. The van der Waals surface area contributed by atoms with Crippen LogP contribution in [0.15, 0.2) is 18.3 Å². The van der Waals surface area contributed by atoms with Crippen molar-refractivity contribution in [1.29, 1.82) is 0 Å². The number of aromatic nitrogens is 2. The largest absolute Gasteiger partial charge is 0.476 e. The van der Waals surface area contributed by atoms with E-state index in [2.05, 4.69) is 28.8 Å². The molecule has 0 radical (unpaired) electrons. The summed E-state index contributed by atoms with van der Waals surface area (Å²) >= 11 is 5.95. The number of nitrogens with one attached hydrogen (secondary N) is 1. The van der Waals surface area contributed by atoms with Crippen LogP contribution in [0, 0.1) is 0 Å². The summed E-state index contributed by atoms with van der Waals surface area (Å²) in [5.74, 6) is 0.961. The van der Waals surface area contributed by atoms with E-state index in [4.69, 9.17) is 16.3 Å². The maximum absolute atomic E-state index is 5.95. The van der Waals surface area contributed by atoms with Crippen LogP contribution in [0.5, 0.6) is 5.88 Å². The molecule has 0 aromatic carbocycles. The fraction of sp³-hybridized carbons (Fsp3) is 0.500. The molecule has 5 heteroatoms. The minimum absolute atomic E-state index is 0.418. The number of ether oxygens (including phenoxy) is 1. The Labute approximate surface area is 107 Å². The Bertz CT molecular complexity index is 382. The summed E-state index contributed by atoms with van der Waals surface area (Å²) in [6.07, 6.45) is 3.35. The van der Waals surface area contributed by atoms with E-state index in [1.165, 1.54) is 0 Å². The first-order valence-corrected chi connectivity index (χ1v) is 6.05. The second-order valence-corrected chi connectivity index (χ2v) is 4.24. The number of hydrogen-bond donors (Lipinski definition) is 1. The molecule has 0 amide bonds. The van der Waals surface area contributed by atoms with Crippen LogP contribution in [0.4, 0.5) is 5.95 Å². The Morgan fingerprint density at radius 2 is 2.35 bits per heavy atom.